The van der Waals surface area contributed by atoms with Crippen LogP contribution in [0.1, 0.15) is 55.7 Å². The zero-order valence-electron chi connectivity index (χ0n) is 13.0. The minimum atomic E-state index is -1.65. The molecule has 0 aliphatic carbocycles. The number of carbonyl (C=O) groups is 2. The van der Waals surface area contributed by atoms with Gasteiger partial charge in [-0.3, -0.25) is 9.59 Å². The van der Waals surface area contributed by atoms with Crippen molar-refractivity contribution in [1.82, 2.24) is 0 Å². The molecule has 17 heavy (non-hydrogen) atoms. The van der Waals surface area contributed by atoms with Crippen molar-refractivity contribution in [2.24, 2.45) is 11.3 Å². The summed E-state index contributed by atoms with van der Waals surface area (Å²) in [5, 5.41) is 18.2. The normalized spacial score (nSPS) is 12.6. The number of hydrogen-bond acceptors (Lipinski definition) is 2. The Balaban J connectivity index is -0.000000375. The molecule has 4 nitrogen and oxygen atoms in total. The van der Waals surface area contributed by atoms with Gasteiger partial charge in [-0.25, -0.2) is 0 Å². The maximum absolute atomic E-state index is 11.1. The molecule has 2 N–H and O–H groups in total. The fourth-order valence-electron chi connectivity index (χ4n) is 1.98. The maximum Gasteiger partial charge on any atom is 2.00 e. The third-order valence-electron chi connectivity index (χ3n) is 3.35. The second-order valence-corrected chi connectivity index (χ2v) is 4.41. The summed E-state index contributed by atoms with van der Waals surface area (Å²) in [6.07, 6.45) is 4.21. The van der Waals surface area contributed by atoms with Gasteiger partial charge in [0.05, 0.1) is 0 Å². The SMILES string of the molecule is CCCCCC(CC)C(C)(C(=O)O)C(=O)O.[H-].[H-].[Mg+2]. The van der Waals surface area contributed by atoms with Crippen LogP contribution in [0.15, 0.2) is 0 Å². The Hall–Kier alpha value is -0.294. The second kappa shape index (κ2) is 8.75. The first-order valence-electron chi connectivity index (χ1n) is 5.87. The molecule has 1 atom stereocenters. The maximum atomic E-state index is 11.1. The molecule has 0 aromatic heterocycles. The van der Waals surface area contributed by atoms with Crippen LogP contribution in [0.2, 0.25) is 0 Å². The molecule has 5 heteroatoms. The fourth-order valence-corrected chi connectivity index (χ4v) is 1.98. The van der Waals surface area contributed by atoms with Gasteiger partial charge in [-0.05, 0) is 19.3 Å². The van der Waals surface area contributed by atoms with Crippen molar-refractivity contribution in [1.29, 1.82) is 0 Å². The van der Waals surface area contributed by atoms with Crippen LogP contribution in [-0.4, -0.2) is 45.2 Å². The van der Waals surface area contributed by atoms with Crippen molar-refractivity contribution < 1.29 is 22.7 Å². The zero-order chi connectivity index (χ0) is 12.8. The Morgan fingerprint density at radius 2 is 1.65 bits per heavy atom. The van der Waals surface area contributed by atoms with Gasteiger partial charge >= 0.3 is 35.0 Å². The van der Waals surface area contributed by atoms with Crippen molar-refractivity contribution in [3.8, 4) is 0 Å². The topological polar surface area (TPSA) is 74.6 Å². The van der Waals surface area contributed by atoms with Crippen LogP contribution in [0.5, 0.6) is 0 Å². The molecular formula is C12H24MgO4. The van der Waals surface area contributed by atoms with Crippen LogP contribution in [0.4, 0.5) is 0 Å². The molecule has 0 aromatic carbocycles. The van der Waals surface area contributed by atoms with Crippen LogP contribution in [0.25, 0.3) is 0 Å². The van der Waals surface area contributed by atoms with Gasteiger partial charge in [0, 0.05) is 0 Å². The molecule has 1 unspecified atom stereocenters. The molecule has 0 radical (unpaired) electrons. The van der Waals surface area contributed by atoms with Gasteiger partial charge in [-0.15, -0.1) is 0 Å². The molecule has 0 fully saturated rings. The average molecular weight is 257 g/mol. The predicted octanol–water partition coefficient (Wildman–Crippen LogP) is 2.61. The Bertz CT molecular complexity index is 248. The quantitative estimate of drug-likeness (QED) is 0.398. The minimum absolute atomic E-state index is 0. The van der Waals surface area contributed by atoms with E-state index in [-0.39, 0.29) is 31.8 Å². The molecule has 0 aromatic rings. The van der Waals surface area contributed by atoms with Gasteiger partial charge in [0.15, 0.2) is 5.41 Å². The number of aliphatic carboxylic acids is 2. The largest absolute Gasteiger partial charge is 2.00 e. The first kappa shape index (κ1) is 19.1. The smallest absolute Gasteiger partial charge is 1.00 e. The van der Waals surface area contributed by atoms with Crippen LogP contribution in [0.3, 0.4) is 0 Å². The predicted molar refractivity (Wildman–Crippen MR) is 69.3 cm³/mol. The molecule has 0 amide bonds. The summed E-state index contributed by atoms with van der Waals surface area (Å²) in [6.45, 7) is 5.23. The molecule has 0 heterocycles. The summed E-state index contributed by atoms with van der Waals surface area (Å²) in [5.41, 5.74) is -1.65. The van der Waals surface area contributed by atoms with E-state index in [1.807, 2.05) is 6.92 Å². The molecule has 0 saturated heterocycles. The van der Waals surface area contributed by atoms with Crippen molar-refractivity contribution in [2.75, 3.05) is 0 Å². The van der Waals surface area contributed by atoms with Crippen molar-refractivity contribution in [3.63, 3.8) is 0 Å². The van der Waals surface area contributed by atoms with Crippen LogP contribution >= 0.6 is 0 Å². The minimum Gasteiger partial charge on any atom is -1.00 e. The van der Waals surface area contributed by atoms with Crippen molar-refractivity contribution in [3.05, 3.63) is 0 Å². The van der Waals surface area contributed by atoms with Crippen LogP contribution in [-0.2, 0) is 9.59 Å². The summed E-state index contributed by atoms with van der Waals surface area (Å²) in [4.78, 5) is 22.2. The second-order valence-electron chi connectivity index (χ2n) is 4.41. The number of carboxylic acids is 2. The number of unbranched alkanes of at least 4 members (excludes halogenated alkanes) is 2. The van der Waals surface area contributed by atoms with E-state index in [0.29, 0.717) is 12.8 Å². The fraction of sp³-hybridized carbons (Fsp3) is 0.833. The van der Waals surface area contributed by atoms with E-state index in [9.17, 15) is 9.59 Å². The first-order valence-corrected chi connectivity index (χ1v) is 5.87. The van der Waals surface area contributed by atoms with Gasteiger partial charge in [0.25, 0.3) is 0 Å². The Morgan fingerprint density at radius 1 is 1.18 bits per heavy atom. The Kier molecular flexibility index (Phi) is 9.80. The Morgan fingerprint density at radius 3 is 1.94 bits per heavy atom. The first-order chi connectivity index (χ1) is 7.41. The van der Waals surface area contributed by atoms with Crippen molar-refractivity contribution in [2.45, 2.75) is 52.9 Å². The molecule has 0 rings (SSSR count). The van der Waals surface area contributed by atoms with Gasteiger partial charge in [0.1, 0.15) is 0 Å². The van der Waals surface area contributed by atoms with Gasteiger partial charge in [0.2, 0.25) is 0 Å². The summed E-state index contributed by atoms with van der Waals surface area (Å²) in [5.74, 6) is -2.76. The Labute approximate surface area is 122 Å². The molecule has 0 aliphatic rings. The monoisotopic (exact) mass is 256 g/mol. The zero-order valence-corrected chi connectivity index (χ0v) is 12.4. The summed E-state index contributed by atoms with van der Waals surface area (Å²) >= 11 is 0. The number of rotatable bonds is 8. The average Bonchev–Trinajstić information content (AvgIpc) is 2.23. The molecule has 98 valence electrons. The van der Waals surface area contributed by atoms with E-state index < -0.39 is 17.4 Å². The van der Waals surface area contributed by atoms with Crippen LogP contribution in [0, 0.1) is 11.3 Å². The molecule has 0 bridgehead atoms. The molecule has 0 saturated carbocycles. The van der Waals surface area contributed by atoms with E-state index >= 15 is 0 Å². The van der Waals surface area contributed by atoms with Gasteiger partial charge in [-0.1, -0.05) is 39.5 Å². The van der Waals surface area contributed by atoms with E-state index in [0.717, 1.165) is 19.3 Å². The van der Waals surface area contributed by atoms with E-state index in [4.69, 9.17) is 10.2 Å². The molecule has 0 spiro atoms. The van der Waals surface area contributed by atoms with Gasteiger partial charge in [-0.2, -0.15) is 0 Å². The number of carboxylic acid groups (broad SMARTS) is 2. The van der Waals surface area contributed by atoms with Gasteiger partial charge < -0.3 is 13.1 Å². The van der Waals surface area contributed by atoms with E-state index in [1.165, 1.54) is 6.92 Å². The summed E-state index contributed by atoms with van der Waals surface area (Å²) in [7, 11) is 0. The summed E-state index contributed by atoms with van der Waals surface area (Å²) in [6, 6.07) is 0. The van der Waals surface area contributed by atoms with Crippen molar-refractivity contribution >= 4 is 35.0 Å². The third-order valence-corrected chi connectivity index (χ3v) is 3.35. The number of hydrogen-bond donors (Lipinski definition) is 2. The molecular weight excluding hydrogens is 232 g/mol. The standard InChI is InChI=1S/C12H22O4.Mg.2H/c1-4-6-7-8-9(5-2)12(3,10(13)14)11(15)16;;;/h9H,4-8H2,1-3H3,(H,13,14)(H,15,16);;;/q;+2;2*-1. The van der Waals surface area contributed by atoms with E-state index in [2.05, 4.69) is 6.92 Å². The third kappa shape index (κ3) is 4.83. The molecule has 0 aliphatic heterocycles. The van der Waals surface area contributed by atoms with E-state index in [1.54, 1.807) is 0 Å². The van der Waals surface area contributed by atoms with Crippen LogP contribution < -0.4 is 0 Å². The summed E-state index contributed by atoms with van der Waals surface area (Å²) < 4.78 is 0.